The van der Waals surface area contributed by atoms with E-state index < -0.39 is 21.6 Å². The van der Waals surface area contributed by atoms with E-state index in [0.29, 0.717) is 0 Å². The molecule has 0 aliphatic carbocycles. The molecule has 0 amide bonds. The van der Waals surface area contributed by atoms with Crippen LogP contribution >= 0.6 is 46.4 Å². The van der Waals surface area contributed by atoms with Crippen LogP contribution in [0.4, 0.5) is 0 Å². The maximum absolute atomic E-state index is 11.1. The van der Waals surface area contributed by atoms with Crippen molar-refractivity contribution < 1.29 is 14.3 Å². The van der Waals surface area contributed by atoms with Crippen LogP contribution in [-0.4, -0.2) is 21.6 Å². The van der Waals surface area contributed by atoms with E-state index in [1.165, 1.54) is 13.8 Å². The molecule has 3 nitrogen and oxygen atoms in total. The van der Waals surface area contributed by atoms with Crippen molar-refractivity contribution >= 4 is 52.4 Å². The molecule has 0 radical (unpaired) electrons. The Bertz CT molecular complexity index is 252. The van der Waals surface area contributed by atoms with Crippen molar-refractivity contribution in [1.82, 2.24) is 0 Å². The minimum atomic E-state index is -1.84. The van der Waals surface area contributed by atoms with E-state index in [1.54, 1.807) is 0 Å². The molecule has 0 aromatic rings. The van der Waals surface area contributed by atoms with Crippen molar-refractivity contribution in [1.29, 1.82) is 0 Å². The third-order valence-corrected chi connectivity index (χ3v) is 2.87. The van der Waals surface area contributed by atoms with E-state index in [9.17, 15) is 4.79 Å². The van der Waals surface area contributed by atoms with Gasteiger partial charge in [-0.2, -0.15) is 0 Å². The summed E-state index contributed by atoms with van der Waals surface area (Å²) in [5, 5.41) is 0. The average Bonchev–Trinajstić information content (AvgIpc) is 2.01. The average molecular weight is 296 g/mol. The molecule has 15 heavy (non-hydrogen) atoms. The van der Waals surface area contributed by atoms with Gasteiger partial charge in [0.1, 0.15) is 0 Å². The minimum absolute atomic E-state index is 0.230. The van der Waals surface area contributed by atoms with Crippen molar-refractivity contribution in [3.05, 3.63) is 12.2 Å². The highest BCUT2D eigenvalue weighted by Crippen LogP contribution is 2.34. The summed E-state index contributed by atoms with van der Waals surface area (Å²) in [4.78, 5) is 9.88. The van der Waals surface area contributed by atoms with E-state index >= 15 is 0 Å². The van der Waals surface area contributed by atoms with Crippen LogP contribution in [-0.2, 0) is 14.3 Å². The second-order valence-corrected chi connectivity index (χ2v) is 5.15. The molecule has 0 fully saturated rings. The zero-order chi connectivity index (χ0) is 12.2. The Hall–Kier alpha value is 0.330. The van der Waals surface area contributed by atoms with Gasteiger partial charge in [0.25, 0.3) is 4.52 Å². The first kappa shape index (κ1) is 15.3. The van der Waals surface area contributed by atoms with Crippen LogP contribution in [0, 0.1) is 0 Å². The molecular formula is C8H10Cl4O3. The highest BCUT2D eigenvalue weighted by Gasteiger charge is 2.36. The van der Waals surface area contributed by atoms with Crippen LogP contribution in [0.2, 0.25) is 0 Å². The van der Waals surface area contributed by atoms with Gasteiger partial charge in [-0.25, -0.2) is 4.79 Å². The number of rotatable bonds is 5. The van der Waals surface area contributed by atoms with E-state index in [-0.39, 0.29) is 5.57 Å². The van der Waals surface area contributed by atoms with Gasteiger partial charge < -0.3 is 9.47 Å². The molecule has 88 valence electrons. The molecule has 1 atom stereocenters. The molecule has 0 saturated carbocycles. The summed E-state index contributed by atoms with van der Waals surface area (Å²) >= 11 is 22.1. The van der Waals surface area contributed by atoms with Crippen LogP contribution in [0.25, 0.3) is 0 Å². The van der Waals surface area contributed by atoms with Gasteiger partial charge in [0.15, 0.2) is 4.84 Å². The van der Waals surface area contributed by atoms with Gasteiger partial charge in [-0.05, 0) is 13.8 Å². The summed E-state index contributed by atoms with van der Waals surface area (Å²) in [5.41, 5.74) is 0.230. The number of esters is 1. The Morgan fingerprint density at radius 2 is 1.87 bits per heavy atom. The van der Waals surface area contributed by atoms with Gasteiger partial charge in [0.2, 0.25) is 6.29 Å². The summed E-state index contributed by atoms with van der Waals surface area (Å²) in [6, 6.07) is 0. The molecular weight excluding hydrogens is 286 g/mol. The highest BCUT2D eigenvalue weighted by molar-refractivity contribution is 6.58. The minimum Gasteiger partial charge on any atom is -0.433 e. The predicted octanol–water partition coefficient (Wildman–Crippen LogP) is 3.40. The Balaban J connectivity index is 4.20. The van der Waals surface area contributed by atoms with Crippen molar-refractivity contribution in [2.45, 2.75) is 29.5 Å². The monoisotopic (exact) mass is 294 g/mol. The fourth-order valence-electron chi connectivity index (χ4n) is 0.548. The van der Waals surface area contributed by atoms with Crippen LogP contribution in [0.3, 0.4) is 0 Å². The summed E-state index contributed by atoms with van der Waals surface area (Å²) < 4.78 is 7.82. The molecule has 0 aliphatic rings. The normalized spacial score (nSPS) is 13.8. The lowest BCUT2D eigenvalue weighted by Crippen LogP contribution is -2.32. The van der Waals surface area contributed by atoms with Crippen molar-refractivity contribution in [3.63, 3.8) is 0 Å². The first-order chi connectivity index (χ1) is 6.66. The Morgan fingerprint density at radius 1 is 1.40 bits per heavy atom. The van der Waals surface area contributed by atoms with Crippen molar-refractivity contribution in [2.24, 2.45) is 0 Å². The van der Waals surface area contributed by atoms with Crippen LogP contribution < -0.4 is 0 Å². The fourth-order valence-corrected chi connectivity index (χ4v) is 0.902. The zero-order valence-corrected chi connectivity index (χ0v) is 11.1. The maximum atomic E-state index is 11.1. The first-order valence-corrected chi connectivity index (χ1v) is 5.50. The Labute approximate surface area is 108 Å². The van der Waals surface area contributed by atoms with Gasteiger partial charge >= 0.3 is 5.97 Å². The number of ether oxygens (including phenoxy) is 2. The lowest BCUT2D eigenvalue weighted by Gasteiger charge is -2.25. The summed E-state index contributed by atoms with van der Waals surface area (Å²) in [6.45, 7) is 6.31. The molecule has 1 unspecified atom stereocenters. The molecule has 0 aromatic carbocycles. The number of hydrogen-bond acceptors (Lipinski definition) is 3. The van der Waals surface area contributed by atoms with E-state index in [4.69, 9.17) is 55.9 Å². The zero-order valence-electron chi connectivity index (χ0n) is 8.10. The summed E-state index contributed by atoms with van der Waals surface area (Å²) in [5.74, 6) is -0.618. The fraction of sp³-hybridized carbons (Fsp3) is 0.625. The van der Waals surface area contributed by atoms with Crippen LogP contribution in [0.5, 0.6) is 0 Å². The van der Waals surface area contributed by atoms with Gasteiger partial charge in [-0.15, -0.1) is 0 Å². The third-order valence-electron chi connectivity index (χ3n) is 1.20. The molecule has 0 N–H and O–H groups in total. The number of alkyl halides is 4. The molecule has 0 heterocycles. The molecule has 0 spiro atoms. The first-order valence-electron chi connectivity index (χ1n) is 3.87. The number of hydrogen-bond donors (Lipinski definition) is 0. The molecule has 0 saturated heterocycles. The largest absolute Gasteiger partial charge is 0.433 e. The number of carbonyl (C=O) groups excluding carboxylic acids is 1. The van der Waals surface area contributed by atoms with Gasteiger partial charge in [-0.3, -0.25) is 0 Å². The Kier molecular flexibility index (Phi) is 6.30. The summed E-state index contributed by atoms with van der Waals surface area (Å²) in [7, 11) is 0. The van der Waals surface area contributed by atoms with Crippen molar-refractivity contribution in [2.75, 3.05) is 0 Å². The Morgan fingerprint density at radius 3 is 2.20 bits per heavy atom. The molecule has 7 heteroatoms. The predicted molar refractivity (Wildman–Crippen MR) is 61.4 cm³/mol. The highest BCUT2D eigenvalue weighted by atomic mass is 35.5. The second kappa shape index (κ2) is 6.16. The van der Waals surface area contributed by atoms with Crippen LogP contribution in [0.15, 0.2) is 12.2 Å². The van der Waals surface area contributed by atoms with Crippen molar-refractivity contribution in [3.8, 4) is 0 Å². The lowest BCUT2D eigenvalue weighted by molar-refractivity contribution is -0.176. The van der Waals surface area contributed by atoms with Crippen LogP contribution in [0.1, 0.15) is 13.8 Å². The molecule has 0 aliphatic heterocycles. The topological polar surface area (TPSA) is 35.5 Å². The third kappa shape index (κ3) is 5.83. The van der Waals surface area contributed by atoms with Gasteiger partial charge in [0.05, 0.1) is 0 Å². The standard InChI is InChI=1S/C8H10Cl4O3/c1-4(2)6(13)14-5(3)15-8(11,12)7(9)10/h5,7H,1H2,2-3H3. The number of halogens is 4. The smallest absolute Gasteiger partial charge is 0.335 e. The SMILES string of the molecule is C=C(C)C(=O)OC(C)OC(Cl)(Cl)C(Cl)Cl. The van der Waals surface area contributed by atoms with E-state index in [2.05, 4.69) is 6.58 Å². The van der Waals surface area contributed by atoms with Gasteiger partial charge in [0, 0.05) is 5.57 Å². The molecule has 0 aromatic heterocycles. The molecule has 0 rings (SSSR count). The van der Waals surface area contributed by atoms with E-state index in [0.717, 1.165) is 0 Å². The molecule has 0 bridgehead atoms. The quantitative estimate of drug-likeness (QED) is 0.337. The summed E-state index contributed by atoms with van der Waals surface area (Å²) in [6.07, 6.45) is -0.982. The maximum Gasteiger partial charge on any atom is 0.335 e. The second-order valence-electron chi connectivity index (χ2n) is 2.73. The van der Waals surface area contributed by atoms with E-state index in [1.807, 2.05) is 0 Å². The van der Waals surface area contributed by atoms with Gasteiger partial charge in [-0.1, -0.05) is 53.0 Å². The lowest BCUT2D eigenvalue weighted by atomic mass is 10.4. The number of carbonyl (C=O) groups is 1.